The number of benzene rings is 1. The van der Waals surface area contributed by atoms with Gasteiger partial charge in [0.2, 0.25) is 0 Å². The van der Waals surface area contributed by atoms with Gasteiger partial charge in [-0.2, -0.15) is 0 Å². The lowest BCUT2D eigenvalue weighted by molar-refractivity contribution is 0.339. The van der Waals surface area contributed by atoms with Crippen molar-refractivity contribution in [3.05, 3.63) is 54.0 Å². The van der Waals surface area contributed by atoms with Gasteiger partial charge >= 0.3 is 0 Å². The van der Waals surface area contributed by atoms with E-state index in [4.69, 9.17) is 14.1 Å². The number of thioether (sulfide) groups is 1. The molecule has 1 aromatic heterocycles. The van der Waals surface area contributed by atoms with Crippen LogP contribution in [0.4, 0.5) is 0 Å². The van der Waals surface area contributed by atoms with Crippen LogP contribution in [0.3, 0.4) is 0 Å². The van der Waals surface area contributed by atoms with E-state index in [1.54, 1.807) is 6.26 Å². The molecule has 0 saturated heterocycles. The zero-order valence-electron chi connectivity index (χ0n) is 13.4. The Hall–Kier alpha value is -1.88. The summed E-state index contributed by atoms with van der Waals surface area (Å²) in [5.74, 6) is 3.01. The third-order valence-electron chi connectivity index (χ3n) is 3.59. The van der Waals surface area contributed by atoms with E-state index in [9.17, 15) is 0 Å². The lowest BCUT2D eigenvalue weighted by Crippen LogP contribution is -2.29. The van der Waals surface area contributed by atoms with Gasteiger partial charge in [-0.05, 0) is 43.2 Å². The molecule has 1 aliphatic rings. The minimum atomic E-state index is 0.692. The number of hydrogen-bond donors (Lipinski definition) is 0. The van der Waals surface area contributed by atoms with Crippen LogP contribution in [0.5, 0.6) is 5.75 Å². The van der Waals surface area contributed by atoms with Crippen LogP contribution < -0.4 is 4.74 Å². The summed E-state index contributed by atoms with van der Waals surface area (Å²) >= 11 is 1.83. The molecule has 0 N–H and O–H groups in total. The Morgan fingerprint density at radius 3 is 2.74 bits per heavy atom. The maximum Gasteiger partial charge on any atom is 0.159 e. The van der Waals surface area contributed by atoms with Crippen LogP contribution in [-0.2, 0) is 13.1 Å². The second kappa shape index (κ2) is 8.11. The zero-order valence-corrected chi connectivity index (χ0v) is 14.2. The lowest BCUT2D eigenvalue weighted by atomic mass is 10.2. The number of hydrogen-bond acceptors (Lipinski definition) is 5. The molecule has 0 atom stereocenters. The highest BCUT2D eigenvalue weighted by atomic mass is 32.2. The largest absolute Gasteiger partial charge is 0.494 e. The average molecular weight is 330 g/mol. The summed E-state index contributed by atoms with van der Waals surface area (Å²) in [6.45, 7) is 5.17. The SMILES string of the molecule is CCOc1ccc(CN(Cc2ccco2)C2=NCCCS2)cc1. The van der Waals surface area contributed by atoms with E-state index in [0.29, 0.717) is 6.61 Å². The first-order valence-corrected chi connectivity index (χ1v) is 9.00. The molecule has 5 heteroatoms. The first-order chi connectivity index (χ1) is 11.3. The van der Waals surface area contributed by atoms with Gasteiger partial charge in [0.25, 0.3) is 0 Å². The minimum Gasteiger partial charge on any atom is -0.494 e. The Labute approximate surface area is 141 Å². The Kier molecular flexibility index (Phi) is 5.64. The summed E-state index contributed by atoms with van der Waals surface area (Å²) in [5.41, 5.74) is 1.24. The number of ether oxygens (including phenoxy) is 1. The van der Waals surface area contributed by atoms with Crippen molar-refractivity contribution in [1.29, 1.82) is 0 Å². The molecule has 4 nitrogen and oxygen atoms in total. The number of furan rings is 1. The van der Waals surface area contributed by atoms with E-state index in [1.807, 2.05) is 43.0 Å². The molecule has 1 aliphatic heterocycles. The molecule has 2 heterocycles. The van der Waals surface area contributed by atoms with E-state index >= 15 is 0 Å². The van der Waals surface area contributed by atoms with Gasteiger partial charge < -0.3 is 14.1 Å². The summed E-state index contributed by atoms with van der Waals surface area (Å²) in [4.78, 5) is 6.98. The van der Waals surface area contributed by atoms with E-state index < -0.39 is 0 Å². The molecule has 0 fully saturated rings. The van der Waals surface area contributed by atoms with Gasteiger partial charge in [0.05, 0.1) is 19.4 Å². The fourth-order valence-electron chi connectivity index (χ4n) is 2.50. The fraction of sp³-hybridized carbons (Fsp3) is 0.389. The van der Waals surface area contributed by atoms with Crippen LogP contribution in [0.15, 0.2) is 52.1 Å². The summed E-state index contributed by atoms with van der Waals surface area (Å²) in [5, 5.41) is 1.11. The van der Waals surface area contributed by atoms with Crippen LogP contribution in [0, 0.1) is 0 Å². The monoisotopic (exact) mass is 330 g/mol. The van der Waals surface area contributed by atoms with E-state index in [1.165, 1.54) is 5.56 Å². The second-order valence-electron chi connectivity index (χ2n) is 5.38. The first kappa shape index (κ1) is 16.0. The summed E-state index contributed by atoms with van der Waals surface area (Å²) in [6.07, 6.45) is 2.88. The van der Waals surface area contributed by atoms with Crippen molar-refractivity contribution < 1.29 is 9.15 Å². The van der Waals surface area contributed by atoms with Crippen molar-refractivity contribution in [2.75, 3.05) is 18.9 Å². The predicted molar refractivity (Wildman–Crippen MR) is 94.9 cm³/mol. The molecule has 0 unspecified atom stereocenters. The lowest BCUT2D eigenvalue weighted by Gasteiger charge is -2.27. The van der Waals surface area contributed by atoms with Crippen molar-refractivity contribution in [2.45, 2.75) is 26.4 Å². The zero-order chi connectivity index (χ0) is 15.9. The number of amidine groups is 1. The van der Waals surface area contributed by atoms with Gasteiger partial charge in [0.1, 0.15) is 11.5 Å². The molecule has 0 aliphatic carbocycles. The number of rotatable bonds is 6. The number of nitrogens with zero attached hydrogens (tertiary/aromatic N) is 2. The molecule has 0 amide bonds. The highest BCUT2D eigenvalue weighted by molar-refractivity contribution is 8.13. The quantitative estimate of drug-likeness (QED) is 0.796. The standard InChI is InChI=1S/C18H22N2O2S/c1-2-21-16-8-6-15(7-9-16)13-20(14-17-5-3-11-22-17)18-19-10-4-12-23-18/h3,5-9,11H,2,4,10,12-14H2,1H3. The Morgan fingerprint density at radius 2 is 2.09 bits per heavy atom. The van der Waals surface area contributed by atoms with Crippen LogP contribution in [0.25, 0.3) is 0 Å². The molecule has 1 aromatic carbocycles. The highest BCUT2D eigenvalue weighted by Crippen LogP contribution is 2.21. The molecule has 2 aromatic rings. The topological polar surface area (TPSA) is 38.0 Å². The van der Waals surface area contributed by atoms with E-state index in [-0.39, 0.29) is 0 Å². The molecule has 122 valence electrons. The summed E-state index contributed by atoms with van der Waals surface area (Å²) in [6, 6.07) is 12.2. The Balaban J connectivity index is 1.73. The molecule has 0 saturated carbocycles. The maximum atomic E-state index is 5.52. The molecular formula is C18H22N2O2S. The smallest absolute Gasteiger partial charge is 0.159 e. The van der Waals surface area contributed by atoms with Crippen molar-refractivity contribution in [3.8, 4) is 5.75 Å². The molecule has 0 spiro atoms. The van der Waals surface area contributed by atoms with Crippen LogP contribution in [0.1, 0.15) is 24.7 Å². The van der Waals surface area contributed by atoms with E-state index in [2.05, 4.69) is 17.0 Å². The van der Waals surface area contributed by atoms with Crippen molar-refractivity contribution in [3.63, 3.8) is 0 Å². The molecule has 3 rings (SSSR count). The van der Waals surface area contributed by atoms with E-state index in [0.717, 1.165) is 48.5 Å². The van der Waals surface area contributed by atoms with Gasteiger partial charge in [-0.1, -0.05) is 23.9 Å². The molecule has 23 heavy (non-hydrogen) atoms. The average Bonchev–Trinajstić information content (AvgIpc) is 3.10. The second-order valence-corrected chi connectivity index (χ2v) is 6.44. The minimum absolute atomic E-state index is 0.692. The Bertz CT molecular complexity index is 623. The third-order valence-corrected chi connectivity index (χ3v) is 4.72. The molecular weight excluding hydrogens is 308 g/mol. The maximum absolute atomic E-state index is 5.52. The van der Waals surface area contributed by atoms with Gasteiger partial charge in [0, 0.05) is 18.8 Å². The van der Waals surface area contributed by atoms with Crippen molar-refractivity contribution in [2.24, 2.45) is 4.99 Å². The van der Waals surface area contributed by atoms with Gasteiger partial charge in [0.15, 0.2) is 5.17 Å². The van der Waals surface area contributed by atoms with Gasteiger partial charge in [-0.15, -0.1) is 0 Å². The predicted octanol–water partition coefficient (Wildman–Crippen LogP) is 4.17. The normalized spacial score (nSPS) is 14.4. The van der Waals surface area contributed by atoms with Gasteiger partial charge in [-0.3, -0.25) is 4.99 Å². The van der Waals surface area contributed by atoms with Crippen LogP contribution in [-0.4, -0.2) is 29.0 Å². The third kappa shape index (κ3) is 4.55. The molecule has 0 bridgehead atoms. The first-order valence-electron chi connectivity index (χ1n) is 8.01. The summed E-state index contributed by atoms with van der Waals surface area (Å²) in [7, 11) is 0. The Morgan fingerprint density at radius 1 is 1.22 bits per heavy atom. The fourth-order valence-corrected chi connectivity index (χ4v) is 3.45. The van der Waals surface area contributed by atoms with Crippen molar-refractivity contribution in [1.82, 2.24) is 4.90 Å². The highest BCUT2D eigenvalue weighted by Gasteiger charge is 2.17. The molecule has 0 radical (unpaired) electrons. The van der Waals surface area contributed by atoms with Gasteiger partial charge in [-0.25, -0.2) is 0 Å². The summed E-state index contributed by atoms with van der Waals surface area (Å²) < 4.78 is 11.0. The van der Waals surface area contributed by atoms with Crippen LogP contribution >= 0.6 is 11.8 Å². The van der Waals surface area contributed by atoms with Crippen molar-refractivity contribution >= 4 is 16.9 Å². The van der Waals surface area contributed by atoms with Crippen LogP contribution in [0.2, 0.25) is 0 Å². The number of aliphatic imine (C=N–C) groups is 1.